The van der Waals surface area contributed by atoms with Gasteiger partial charge in [0.1, 0.15) is 4.70 Å². The molecule has 6 nitrogen and oxygen atoms in total. The first-order valence-corrected chi connectivity index (χ1v) is 10.8. The van der Waals surface area contributed by atoms with Gasteiger partial charge >= 0.3 is 0 Å². The quantitative estimate of drug-likeness (QED) is 0.364. The number of aliphatic hydroxyl groups is 1. The number of aromatic nitrogens is 3. The van der Waals surface area contributed by atoms with E-state index in [0.29, 0.717) is 33.4 Å². The average Bonchev–Trinajstić information content (AvgIpc) is 3.00. The highest BCUT2D eigenvalue weighted by molar-refractivity contribution is 7.98. The third-order valence-corrected chi connectivity index (χ3v) is 6.03. The molecule has 1 atom stereocenters. The second-order valence-corrected chi connectivity index (χ2v) is 8.97. The van der Waals surface area contributed by atoms with E-state index in [4.69, 9.17) is 17.3 Å². The van der Waals surface area contributed by atoms with Crippen molar-refractivity contribution >= 4 is 56.0 Å². The molecule has 0 amide bonds. The Balaban J connectivity index is 1.87. The average molecular weight is 424 g/mol. The molecule has 3 rings (SSSR count). The number of nitrogen functional groups attached to an aromatic ring is 1. The van der Waals surface area contributed by atoms with E-state index >= 15 is 0 Å². The normalized spacial score (nSPS) is 12.6. The number of nitrogens with two attached hydrogens (primary N) is 1. The van der Waals surface area contributed by atoms with Crippen LogP contribution in [0.15, 0.2) is 29.4 Å². The maximum absolute atomic E-state index is 9.70. The van der Waals surface area contributed by atoms with Crippen LogP contribution in [0.5, 0.6) is 0 Å². The molecule has 0 aliphatic carbocycles. The van der Waals surface area contributed by atoms with Gasteiger partial charge in [0.05, 0.1) is 12.6 Å². The van der Waals surface area contributed by atoms with Gasteiger partial charge in [0.25, 0.3) is 0 Å². The molecule has 2 aromatic heterocycles. The highest BCUT2D eigenvalue weighted by Gasteiger charge is 2.17. The monoisotopic (exact) mass is 423 g/mol. The maximum atomic E-state index is 9.70. The molecule has 0 bridgehead atoms. The van der Waals surface area contributed by atoms with E-state index in [9.17, 15) is 5.11 Å². The lowest BCUT2D eigenvalue weighted by molar-refractivity contribution is 0.259. The molecular weight excluding hydrogens is 402 g/mol. The molecule has 9 heteroatoms. The van der Waals surface area contributed by atoms with Crippen LogP contribution in [0.1, 0.15) is 25.8 Å². The van der Waals surface area contributed by atoms with Crippen molar-refractivity contribution in [2.75, 3.05) is 17.7 Å². The van der Waals surface area contributed by atoms with Crippen molar-refractivity contribution in [2.45, 2.75) is 37.2 Å². The number of rotatable bonds is 8. The Morgan fingerprint density at radius 2 is 2.04 bits per heavy atom. The molecule has 2 heterocycles. The van der Waals surface area contributed by atoms with Crippen molar-refractivity contribution in [1.82, 2.24) is 15.0 Å². The molecular formula is C18H22ClN5OS2. The third kappa shape index (κ3) is 5.22. The zero-order chi connectivity index (χ0) is 19.4. The van der Waals surface area contributed by atoms with Gasteiger partial charge in [-0.05, 0) is 24.0 Å². The topological polar surface area (TPSA) is 97.0 Å². The van der Waals surface area contributed by atoms with Gasteiger partial charge in [-0.25, -0.2) is 15.0 Å². The number of fused-ring (bicyclic) bond motifs is 1. The summed E-state index contributed by atoms with van der Waals surface area (Å²) in [5, 5.41) is 14.8. The Hall–Kier alpha value is -1.61. The number of benzene rings is 1. The van der Waals surface area contributed by atoms with Crippen LogP contribution >= 0.6 is 34.7 Å². The Morgan fingerprint density at radius 3 is 2.74 bits per heavy atom. The maximum Gasteiger partial charge on any atom is 0.191 e. The van der Waals surface area contributed by atoms with E-state index in [1.54, 1.807) is 0 Å². The smallest absolute Gasteiger partial charge is 0.191 e. The number of hydrogen-bond acceptors (Lipinski definition) is 8. The van der Waals surface area contributed by atoms with Gasteiger partial charge in [-0.3, -0.25) is 0 Å². The highest BCUT2D eigenvalue weighted by atomic mass is 35.5. The van der Waals surface area contributed by atoms with Crippen LogP contribution in [-0.4, -0.2) is 32.7 Å². The van der Waals surface area contributed by atoms with E-state index in [0.717, 1.165) is 21.7 Å². The number of aliphatic hydroxyl groups excluding tert-OH is 1. The van der Waals surface area contributed by atoms with E-state index < -0.39 is 0 Å². The van der Waals surface area contributed by atoms with Gasteiger partial charge in [-0.2, -0.15) is 0 Å². The largest absolute Gasteiger partial charge is 0.394 e. The van der Waals surface area contributed by atoms with Crippen LogP contribution in [0.25, 0.3) is 10.3 Å². The lowest BCUT2D eigenvalue weighted by atomic mass is 10.0. The number of anilines is 2. The lowest BCUT2D eigenvalue weighted by Gasteiger charge is -2.19. The SMILES string of the molecule is CC(C)CC(CO)Nc1nc(SCc2ccccc2Cl)nc2nc(N)sc12. The summed E-state index contributed by atoms with van der Waals surface area (Å²) in [4.78, 5) is 13.5. The minimum Gasteiger partial charge on any atom is -0.394 e. The number of thiazole rings is 1. The number of hydrogen-bond donors (Lipinski definition) is 3. The summed E-state index contributed by atoms with van der Waals surface area (Å²) in [6, 6.07) is 7.62. The molecule has 144 valence electrons. The number of nitrogens with one attached hydrogen (secondary N) is 1. The van der Waals surface area contributed by atoms with Crippen LogP contribution in [0, 0.1) is 5.92 Å². The zero-order valence-electron chi connectivity index (χ0n) is 15.1. The fourth-order valence-corrected chi connectivity index (χ4v) is 4.53. The van der Waals surface area contributed by atoms with Crippen molar-refractivity contribution < 1.29 is 5.11 Å². The summed E-state index contributed by atoms with van der Waals surface area (Å²) in [6.07, 6.45) is 0.832. The van der Waals surface area contributed by atoms with Gasteiger partial charge in [-0.1, -0.05) is 66.7 Å². The molecule has 0 saturated carbocycles. The first kappa shape index (κ1) is 20.1. The second-order valence-electron chi connectivity index (χ2n) is 6.59. The lowest BCUT2D eigenvalue weighted by Crippen LogP contribution is -2.26. The van der Waals surface area contributed by atoms with Crippen molar-refractivity contribution in [2.24, 2.45) is 5.92 Å². The summed E-state index contributed by atoms with van der Waals surface area (Å²) in [6.45, 7) is 4.27. The minimum absolute atomic E-state index is 0.0278. The summed E-state index contributed by atoms with van der Waals surface area (Å²) in [5.41, 5.74) is 7.47. The summed E-state index contributed by atoms with van der Waals surface area (Å²) < 4.78 is 0.803. The van der Waals surface area contributed by atoms with Gasteiger partial charge in [0.2, 0.25) is 0 Å². The molecule has 4 N–H and O–H groups in total. The van der Waals surface area contributed by atoms with Crippen molar-refractivity contribution in [3.8, 4) is 0 Å². The summed E-state index contributed by atoms with van der Waals surface area (Å²) in [5.74, 6) is 1.77. The molecule has 0 radical (unpaired) electrons. The van der Waals surface area contributed by atoms with E-state index in [1.165, 1.54) is 23.1 Å². The molecule has 1 unspecified atom stereocenters. The summed E-state index contributed by atoms with van der Waals surface area (Å²) >= 11 is 9.07. The molecule has 3 aromatic rings. The molecule has 0 saturated heterocycles. The van der Waals surface area contributed by atoms with E-state index in [-0.39, 0.29) is 12.6 Å². The second kappa shape index (κ2) is 9.05. The molecule has 0 aliphatic rings. The van der Waals surface area contributed by atoms with Gasteiger partial charge in [-0.15, -0.1) is 0 Å². The number of thioether (sulfide) groups is 1. The predicted molar refractivity (Wildman–Crippen MR) is 115 cm³/mol. The first-order chi connectivity index (χ1) is 13.0. The first-order valence-electron chi connectivity index (χ1n) is 8.64. The zero-order valence-corrected chi connectivity index (χ0v) is 17.5. The van der Waals surface area contributed by atoms with Crippen LogP contribution in [-0.2, 0) is 5.75 Å². The minimum atomic E-state index is -0.0900. The van der Waals surface area contributed by atoms with Crippen LogP contribution in [0.3, 0.4) is 0 Å². The van der Waals surface area contributed by atoms with Crippen molar-refractivity contribution in [1.29, 1.82) is 0 Å². The predicted octanol–water partition coefficient (Wildman–Crippen LogP) is 4.43. The van der Waals surface area contributed by atoms with E-state index in [2.05, 4.69) is 34.1 Å². The Bertz CT molecular complexity index is 918. The Morgan fingerprint density at radius 1 is 1.26 bits per heavy atom. The van der Waals surface area contributed by atoms with Gasteiger partial charge in [0, 0.05) is 10.8 Å². The number of nitrogens with zero attached hydrogens (tertiary/aromatic N) is 3. The molecule has 0 fully saturated rings. The van der Waals surface area contributed by atoms with Crippen LogP contribution in [0.4, 0.5) is 10.9 Å². The number of halogens is 1. The van der Waals surface area contributed by atoms with Crippen LogP contribution < -0.4 is 11.1 Å². The summed E-state index contributed by atoms with van der Waals surface area (Å²) in [7, 11) is 0. The molecule has 1 aromatic carbocycles. The van der Waals surface area contributed by atoms with Crippen molar-refractivity contribution in [3.05, 3.63) is 34.9 Å². The fraction of sp³-hybridized carbons (Fsp3) is 0.389. The molecule has 0 spiro atoms. The third-order valence-electron chi connectivity index (χ3n) is 3.88. The molecule has 0 aliphatic heterocycles. The fourth-order valence-electron chi connectivity index (χ4n) is 2.68. The van der Waals surface area contributed by atoms with E-state index in [1.807, 2.05) is 24.3 Å². The Labute approximate surface area is 171 Å². The van der Waals surface area contributed by atoms with Crippen molar-refractivity contribution in [3.63, 3.8) is 0 Å². The van der Waals surface area contributed by atoms with Gasteiger partial charge in [0.15, 0.2) is 21.8 Å². The Kier molecular flexibility index (Phi) is 6.75. The van der Waals surface area contributed by atoms with Crippen LogP contribution in [0.2, 0.25) is 5.02 Å². The molecule has 27 heavy (non-hydrogen) atoms. The van der Waals surface area contributed by atoms with Gasteiger partial charge < -0.3 is 16.2 Å². The highest BCUT2D eigenvalue weighted by Crippen LogP contribution is 2.32. The standard InChI is InChI=1S/C18H22ClN5OS2/c1-10(2)7-12(8-25)21-15-14-16(22-17(20)27-14)24-18(23-15)26-9-11-5-3-4-6-13(11)19/h3-6,10,12,25H,7-9H2,1-2H3,(H3,20,21,22,23,24).